The van der Waals surface area contributed by atoms with Crippen molar-refractivity contribution in [3.8, 4) is 0 Å². The zero-order chi connectivity index (χ0) is 15.4. The zero-order valence-electron chi connectivity index (χ0n) is 14.4. The van der Waals surface area contributed by atoms with Gasteiger partial charge < -0.3 is 19.1 Å². The SMILES string of the molecule is CC1(C)CC[C@H](CN2CCC(OC[C@H]3CCCCO3)CC2)O1. The Balaban J connectivity index is 1.30. The standard InChI is InChI=1S/C18H33NO3/c1-18(2)9-6-16(22-18)13-19-10-7-15(8-11-19)21-14-17-5-3-4-12-20-17/h15-17H,3-14H2,1-2H3/t16-,17-/m1/s1. The summed E-state index contributed by atoms with van der Waals surface area (Å²) in [5, 5.41) is 0. The summed E-state index contributed by atoms with van der Waals surface area (Å²) in [6, 6.07) is 0. The molecule has 0 aromatic heterocycles. The third-order valence-corrected chi connectivity index (χ3v) is 5.34. The first-order valence-corrected chi connectivity index (χ1v) is 9.24. The van der Waals surface area contributed by atoms with Crippen molar-refractivity contribution in [2.24, 2.45) is 0 Å². The van der Waals surface area contributed by atoms with Crippen molar-refractivity contribution >= 4 is 0 Å². The first-order chi connectivity index (χ1) is 10.6. The number of hydrogen-bond acceptors (Lipinski definition) is 4. The van der Waals surface area contributed by atoms with Crippen LogP contribution in [0.3, 0.4) is 0 Å². The molecule has 0 N–H and O–H groups in total. The number of ether oxygens (including phenoxy) is 3. The summed E-state index contributed by atoms with van der Waals surface area (Å²) in [5.41, 5.74) is 0.0894. The predicted octanol–water partition coefficient (Wildman–Crippen LogP) is 2.99. The molecular formula is C18H33NO3. The molecule has 0 unspecified atom stereocenters. The van der Waals surface area contributed by atoms with Crippen LogP contribution in [0.2, 0.25) is 0 Å². The van der Waals surface area contributed by atoms with Gasteiger partial charge in [-0.3, -0.25) is 0 Å². The van der Waals surface area contributed by atoms with Gasteiger partial charge in [0.1, 0.15) is 0 Å². The molecule has 0 radical (unpaired) electrons. The average Bonchev–Trinajstić information content (AvgIpc) is 2.86. The normalized spacial score (nSPS) is 34.1. The van der Waals surface area contributed by atoms with Gasteiger partial charge in [0.05, 0.1) is 30.5 Å². The predicted molar refractivity (Wildman–Crippen MR) is 87.2 cm³/mol. The molecule has 3 fully saturated rings. The Hall–Kier alpha value is -0.160. The van der Waals surface area contributed by atoms with Crippen LogP contribution in [0.1, 0.15) is 58.8 Å². The second-order valence-corrected chi connectivity index (χ2v) is 7.86. The third-order valence-electron chi connectivity index (χ3n) is 5.34. The van der Waals surface area contributed by atoms with Gasteiger partial charge in [-0.1, -0.05) is 0 Å². The lowest BCUT2D eigenvalue weighted by Crippen LogP contribution is -2.42. The second kappa shape index (κ2) is 7.61. The van der Waals surface area contributed by atoms with Gasteiger partial charge in [-0.2, -0.15) is 0 Å². The van der Waals surface area contributed by atoms with E-state index in [9.17, 15) is 0 Å². The molecule has 0 saturated carbocycles. The molecule has 3 rings (SSSR count). The molecule has 0 aromatic carbocycles. The second-order valence-electron chi connectivity index (χ2n) is 7.86. The molecule has 128 valence electrons. The fraction of sp³-hybridized carbons (Fsp3) is 1.00. The van der Waals surface area contributed by atoms with Crippen molar-refractivity contribution in [1.29, 1.82) is 0 Å². The van der Waals surface area contributed by atoms with Crippen LogP contribution in [0, 0.1) is 0 Å². The van der Waals surface area contributed by atoms with Crippen molar-refractivity contribution in [3.63, 3.8) is 0 Å². The van der Waals surface area contributed by atoms with Crippen molar-refractivity contribution in [2.75, 3.05) is 32.8 Å². The maximum absolute atomic E-state index is 6.12. The lowest BCUT2D eigenvalue weighted by atomic mass is 10.0. The average molecular weight is 311 g/mol. The number of piperidine rings is 1. The summed E-state index contributed by atoms with van der Waals surface area (Å²) in [4.78, 5) is 2.56. The van der Waals surface area contributed by atoms with Crippen LogP contribution < -0.4 is 0 Å². The van der Waals surface area contributed by atoms with E-state index in [1.54, 1.807) is 0 Å². The highest BCUT2D eigenvalue weighted by Gasteiger charge is 2.33. The first kappa shape index (κ1) is 16.7. The lowest BCUT2D eigenvalue weighted by molar-refractivity contribution is -0.0795. The minimum atomic E-state index is 0.0894. The highest BCUT2D eigenvalue weighted by molar-refractivity contribution is 4.84. The summed E-state index contributed by atoms with van der Waals surface area (Å²) < 4.78 is 18.0. The maximum Gasteiger partial charge on any atom is 0.0808 e. The fourth-order valence-electron chi connectivity index (χ4n) is 3.93. The Morgan fingerprint density at radius 2 is 1.86 bits per heavy atom. The highest BCUT2D eigenvalue weighted by Crippen LogP contribution is 2.30. The molecule has 3 heterocycles. The fourth-order valence-corrected chi connectivity index (χ4v) is 3.93. The Morgan fingerprint density at radius 3 is 2.50 bits per heavy atom. The van der Waals surface area contributed by atoms with E-state index in [0.717, 1.165) is 45.7 Å². The number of likely N-dealkylation sites (tertiary alicyclic amines) is 1. The van der Waals surface area contributed by atoms with Crippen molar-refractivity contribution in [2.45, 2.75) is 82.7 Å². The quantitative estimate of drug-likeness (QED) is 0.781. The van der Waals surface area contributed by atoms with Gasteiger partial charge in [0.15, 0.2) is 0 Å². The topological polar surface area (TPSA) is 30.9 Å². The van der Waals surface area contributed by atoms with Crippen LogP contribution in [0.4, 0.5) is 0 Å². The Bertz CT molecular complexity index is 333. The molecule has 0 bridgehead atoms. The van der Waals surface area contributed by atoms with E-state index in [1.807, 2.05) is 0 Å². The van der Waals surface area contributed by atoms with Gasteiger partial charge in [0.25, 0.3) is 0 Å². The van der Waals surface area contributed by atoms with Gasteiger partial charge in [-0.15, -0.1) is 0 Å². The Morgan fingerprint density at radius 1 is 1.05 bits per heavy atom. The van der Waals surface area contributed by atoms with Gasteiger partial charge in [0, 0.05) is 26.2 Å². The summed E-state index contributed by atoms with van der Waals surface area (Å²) in [6.45, 7) is 9.53. The smallest absolute Gasteiger partial charge is 0.0808 e. The molecule has 0 aromatic rings. The van der Waals surface area contributed by atoms with Crippen LogP contribution in [0.5, 0.6) is 0 Å². The van der Waals surface area contributed by atoms with Crippen molar-refractivity contribution < 1.29 is 14.2 Å². The number of rotatable bonds is 5. The molecule has 3 aliphatic heterocycles. The molecular weight excluding hydrogens is 278 g/mol. The monoisotopic (exact) mass is 311 g/mol. The lowest BCUT2D eigenvalue weighted by Gasteiger charge is -2.34. The summed E-state index contributed by atoms with van der Waals surface area (Å²) in [5.74, 6) is 0. The van der Waals surface area contributed by atoms with Gasteiger partial charge in [-0.05, 0) is 58.8 Å². The molecule has 4 nitrogen and oxygen atoms in total. The van der Waals surface area contributed by atoms with Crippen molar-refractivity contribution in [3.05, 3.63) is 0 Å². The molecule has 3 aliphatic rings. The van der Waals surface area contributed by atoms with E-state index in [-0.39, 0.29) is 5.60 Å². The van der Waals surface area contributed by atoms with Crippen LogP contribution in [0.25, 0.3) is 0 Å². The largest absolute Gasteiger partial charge is 0.376 e. The van der Waals surface area contributed by atoms with Crippen LogP contribution >= 0.6 is 0 Å². The Kier molecular flexibility index (Phi) is 5.77. The minimum Gasteiger partial charge on any atom is -0.376 e. The Labute approximate surface area is 135 Å². The third kappa shape index (κ3) is 4.92. The van der Waals surface area contributed by atoms with Gasteiger partial charge in [-0.25, -0.2) is 0 Å². The maximum atomic E-state index is 6.12. The van der Waals surface area contributed by atoms with E-state index in [2.05, 4.69) is 18.7 Å². The molecule has 4 heteroatoms. The zero-order valence-corrected chi connectivity index (χ0v) is 14.4. The highest BCUT2D eigenvalue weighted by atomic mass is 16.5. The van der Waals surface area contributed by atoms with E-state index in [1.165, 1.54) is 32.1 Å². The van der Waals surface area contributed by atoms with Crippen LogP contribution in [0.15, 0.2) is 0 Å². The van der Waals surface area contributed by atoms with E-state index in [0.29, 0.717) is 18.3 Å². The summed E-state index contributed by atoms with van der Waals surface area (Å²) in [7, 11) is 0. The molecule has 2 atom stereocenters. The van der Waals surface area contributed by atoms with Crippen molar-refractivity contribution in [1.82, 2.24) is 4.90 Å². The summed E-state index contributed by atoms with van der Waals surface area (Å²) >= 11 is 0. The first-order valence-electron chi connectivity index (χ1n) is 9.24. The van der Waals surface area contributed by atoms with E-state index in [4.69, 9.17) is 14.2 Å². The van der Waals surface area contributed by atoms with E-state index < -0.39 is 0 Å². The molecule has 0 amide bonds. The minimum absolute atomic E-state index is 0.0894. The van der Waals surface area contributed by atoms with Gasteiger partial charge >= 0.3 is 0 Å². The van der Waals surface area contributed by atoms with Crippen LogP contribution in [-0.2, 0) is 14.2 Å². The van der Waals surface area contributed by atoms with Gasteiger partial charge in [0.2, 0.25) is 0 Å². The summed E-state index contributed by atoms with van der Waals surface area (Å²) in [6.07, 6.45) is 9.62. The molecule has 0 aliphatic carbocycles. The number of hydrogen-bond donors (Lipinski definition) is 0. The molecule has 0 spiro atoms. The molecule has 22 heavy (non-hydrogen) atoms. The number of nitrogens with zero attached hydrogens (tertiary/aromatic N) is 1. The van der Waals surface area contributed by atoms with Crippen LogP contribution in [-0.4, -0.2) is 61.7 Å². The molecule has 3 saturated heterocycles. The van der Waals surface area contributed by atoms with E-state index >= 15 is 0 Å².